The minimum Gasteiger partial charge on any atom is -0.473 e. The van der Waals surface area contributed by atoms with Crippen LogP contribution in [0.4, 0.5) is 0 Å². The second-order valence-electron chi connectivity index (χ2n) is 5.23. The van der Waals surface area contributed by atoms with Gasteiger partial charge >= 0.3 is 0 Å². The standard InChI is InChI=1S/C17H21ClN2O3/c1-3-7-20(8-4-2)17(21)13-11-15(18)16(19-12-13)23-14-5-9-22-10-6-14/h3-4,11-12,14H,1-2,5-10H2. The lowest BCUT2D eigenvalue weighted by Crippen LogP contribution is -2.31. The molecule has 0 N–H and O–H groups in total. The van der Waals surface area contributed by atoms with Crippen LogP contribution in [-0.2, 0) is 4.74 Å². The topological polar surface area (TPSA) is 51.7 Å². The highest BCUT2D eigenvalue weighted by molar-refractivity contribution is 6.32. The fourth-order valence-corrected chi connectivity index (χ4v) is 2.53. The van der Waals surface area contributed by atoms with Gasteiger partial charge in [0.25, 0.3) is 5.91 Å². The van der Waals surface area contributed by atoms with E-state index in [1.54, 1.807) is 23.1 Å². The molecular weight excluding hydrogens is 316 g/mol. The molecule has 6 heteroatoms. The summed E-state index contributed by atoms with van der Waals surface area (Å²) in [5.74, 6) is 0.186. The first-order chi connectivity index (χ1) is 11.2. The number of pyridine rings is 1. The number of nitrogens with zero attached hydrogens (tertiary/aromatic N) is 2. The number of hydrogen-bond donors (Lipinski definition) is 0. The monoisotopic (exact) mass is 336 g/mol. The van der Waals surface area contributed by atoms with Crippen LogP contribution in [0.25, 0.3) is 0 Å². The number of amides is 1. The maximum absolute atomic E-state index is 12.5. The minimum absolute atomic E-state index is 0.0494. The van der Waals surface area contributed by atoms with Gasteiger partial charge in [0, 0.05) is 32.1 Å². The van der Waals surface area contributed by atoms with E-state index in [9.17, 15) is 4.79 Å². The number of ether oxygens (including phenoxy) is 2. The molecule has 5 nitrogen and oxygen atoms in total. The normalized spacial score (nSPS) is 15.0. The van der Waals surface area contributed by atoms with E-state index in [0.29, 0.717) is 42.8 Å². The highest BCUT2D eigenvalue weighted by Gasteiger charge is 2.20. The molecule has 1 aliphatic rings. The summed E-state index contributed by atoms with van der Waals surface area (Å²) in [6.07, 6.45) is 6.49. The number of rotatable bonds is 7. The lowest BCUT2D eigenvalue weighted by atomic mass is 10.1. The number of carbonyl (C=O) groups excluding carboxylic acids is 1. The van der Waals surface area contributed by atoms with Gasteiger partial charge in [-0.25, -0.2) is 4.98 Å². The Bertz CT molecular complexity index is 561. The van der Waals surface area contributed by atoms with E-state index in [4.69, 9.17) is 21.1 Å². The Kier molecular flexibility index (Phi) is 6.62. The maximum atomic E-state index is 12.5. The van der Waals surface area contributed by atoms with Crippen molar-refractivity contribution < 1.29 is 14.3 Å². The number of hydrogen-bond acceptors (Lipinski definition) is 4. The van der Waals surface area contributed by atoms with Gasteiger partial charge < -0.3 is 14.4 Å². The van der Waals surface area contributed by atoms with E-state index < -0.39 is 0 Å². The molecule has 0 atom stereocenters. The summed E-state index contributed by atoms with van der Waals surface area (Å²) in [6.45, 7) is 9.53. The van der Waals surface area contributed by atoms with Gasteiger partial charge in [-0.2, -0.15) is 0 Å². The lowest BCUT2D eigenvalue weighted by Gasteiger charge is -2.23. The molecule has 2 heterocycles. The molecule has 1 aromatic heterocycles. The summed E-state index contributed by atoms with van der Waals surface area (Å²) in [5.41, 5.74) is 0.415. The summed E-state index contributed by atoms with van der Waals surface area (Å²) < 4.78 is 11.1. The Morgan fingerprint density at radius 2 is 2.04 bits per heavy atom. The largest absolute Gasteiger partial charge is 0.473 e. The second-order valence-corrected chi connectivity index (χ2v) is 5.64. The van der Waals surface area contributed by atoms with Crippen molar-refractivity contribution in [3.8, 4) is 5.88 Å². The van der Waals surface area contributed by atoms with Crippen LogP contribution in [0.15, 0.2) is 37.6 Å². The third kappa shape index (κ3) is 4.81. The quantitative estimate of drug-likeness (QED) is 0.718. The smallest absolute Gasteiger partial charge is 0.256 e. The van der Waals surface area contributed by atoms with E-state index in [0.717, 1.165) is 12.8 Å². The number of halogens is 1. The first kappa shape index (κ1) is 17.5. The second kappa shape index (κ2) is 8.70. The zero-order valence-corrected chi connectivity index (χ0v) is 13.8. The molecule has 1 aliphatic heterocycles. The third-order valence-electron chi connectivity index (χ3n) is 3.49. The first-order valence-corrected chi connectivity index (χ1v) is 7.94. The van der Waals surface area contributed by atoms with E-state index in [1.807, 2.05) is 0 Å². The summed E-state index contributed by atoms with van der Waals surface area (Å²) in [4.78, 5) is 18.3. The molecule has 0 radical (unpaired) electrons. The Morgan fingerprint density at radius 1 is 1.39 bits per heavy atom. The van der Waals surface area contributed by atoms with Gasteiger partial charge in [0.2, 0.25) is 5.88 Å². The molecule has 2 rings (SSSR count). The highest BCUT2D eigenvalue weighted by Crippen LogP contribution is 2.26. The summed E-state index contributed by atoms with van der Waals surface area (Å²) in [6, 6.07) is 1.59. The van der Waals surface area contributed by atoms with Gasteiger partial charge in [-0.15, -0.1) is 13.2 Å². The average molecular weight is 337 g/mol. The molecule has 124 valence electrons. The fourth-order valence-electron chi connectivity index (χ4n) is 2.32. The average Bonchev–Trinajstić information content (AvgIpc) is 2.57. The predicted molar refractivity (Wildman–Crippen MR) is 90.0 cm³/mol. The van der Waals surface area contributed by atoms with Crippen molar-refractivity contribution in [3.05, 3.63) is 48.2 Å². The van der Waals surface area contributed by atoms with E-state index in [2.05, 4.69) is 18.1 Å². The summed E-state index contributed by atoms with van der Waals surface area (Å²) in [5, 5.41) is 0.333. The van der Waals surface area contributed by atoms with Crippen LogP contribution in [0.1, 0.15) is 23.2 Å². The van der Waals surface area contributed by atoms with Crippen molar-refractivity contribution in [1.82, 2.24) is 9.88 Å². The SMILES string of the molecule is C=CCN(CC=C)C(=O)c1cnc(OC2CCOCC2)c(Cl)c1. The van der Waals surface area contributed by atoms with Crippen molar-refractivity contribution in [2.24, 2.45) is 0 Å². The molecule has 0 aliphatic carbocycles. The zero-order chi connectivity index (χ0) is 16.7. The molecule has 0 aromatic carbocycles. The number of carbonyl (C=O) groups is 1. The van der Waals surface area contributed by atoms with Crippen LogP contribution >= 0.6 is 11.6 Å². The van der Waals surface area contributed by atoms with Gasteiger partial charge in [0.1, 0.15) is 11.1 Å². The van der Waals surface area contributed by atoms with Crippen LogP contribution in [0.2, 0.25) is 5.02 Å². The van der Waals surface area contributed by atoms with E-state index in [1.165, 1.54) is 6.20 Å². The van der Waals surface area contributed by atoms with Crippen molar-refractivity contribution in [1.29, 1.82) is 0 Å². The number of aromatic nitrogens is 1. The van der Waals surface area contributed by atoms with Crippen LogP contribution in [0.5, 0.6) is 5.88 Å². The van der Waals surface area contributed by atoms with Gasteiger partial charge in [-0.1, -0.05) is 23.8 Å². The van der Waals surface area contributed by atoms with Crippen molar-refractivity contribution >= 4 is 17.5 Å². The molecule has 23 heavy (non-hydrogen) atoms. The van der Waals surface area contributed by atoms with Gasteiger partial charge in [0.05, 0.1) is 18.8 Å². The maximum Gasteiger partial charge on any atom is 0.256 e. The van der Waals surface area contributed by atoms with Crippen molar-refractivity contribution in [3.63, 3.8) is 0 Å². The van der Waals surface area contributed by atoms with Crippen LogP contribution in [-0.4, -0.2) is 48.2 Å². The van der Waals surface area contributed by atoms with E-state index >= 15 is 0 Å². The lowest BCUT2D eigenvalue weighted by molar-refractivity contribution is 0.0238. The molecule has 1 amide bonds. The molecule has 0 saturated carbocycles. The predicted octanol–water partition coefficient (Wildman–Crippen LogP) is 3.11. The molecule has 1 fully saturated rings. The Balaban J connectivity index is 2.09. The molecular formula is C17H21ClN2O3. The molecule has 1 saturated heterocycles. The molecule has 0 spiro atoms. The minimum atomic E-state index is -0.170. The first-order valence-electron chi connectivity index (χ1n) is 7.56. The van der Waals surface area contributed by atoms with Crippen LogP contribution in [0.3, 0.4) is 0 Å². The van der Waals surface area contributed by atoms with E-state index in [-0.39, 0.29) is 12.0 Å². The fraction of sp³-hybridized carbons (Fsp3) is 0.412. The van der Waals surface area contributed by atoms with Gasteiger partial charge in [-0.05, 0) is 6.07 Å². The third-order valence-corrected chi connectivity index (χ3v) is 3.76. The van der Waals surface area contributed by atoms with Crippen molar-refractivity contribution in [2.45, 2.75) is 18.9 Å². The van der Waals surface area contributed by atoms with Crippen LogP contribution in [0, 0.1) is 0 Å². The Hall–Kier alpha value is -1.85. The van der Waals surface area contributed by atoms with Gasteiger partial charge in [0.15, 0.2) is 0 Å². The molecule has 0 unspecified atom stereocenters. The highest BCUT2D eigenvalue weighted by atomic mass is 35.5. The molecule has 1 aromatic rings. The Morgan fingerprint density at radius 3 is 2.61 bits per heavy atom. The van der Waals surface area contributed by atoms with Crippen LogP contribution < -0.4 is 4.74 Å². The summed E-state index contributed by atoms with van der Waals surface area (Å²) >= 11 is 6.22. The zero-order valence-electron chi connectivity index (χ0n) is 13.0. The van der Waals surface area contributed by atoms with Crippen molar-refractivity contribution in [2.75, 3.05) is 26.3 Å². The Labute approximate surface area is 141 Å². The van der Waals surface area contributed by atoms with Gasteiger partial charge in [-0.3, -0.25) is 4.79 Å². The summed E-state index contributed by atoms with van der Waals surface area (Å²) in [7, 11) is 0. The molecule has 0 bridgehead atoms.